The molecule has 0 atom stereocenters. The van der Waals surface area contributed by atoms with Gasteiger partial charge in [0.15, 0.2) is 0 Å². The number of aldehydes is 1. The van der Waals surface area contributed by atoms with Crippen molar-refractivity contribution in [3.05, 3.63) is 35.4 Å². The van der Waals surface area contributed by atoms with Gasteiger partial charge in [0.05, 0.1) is 0 Å². The summed E-state index contributed by atoms with van der Waals surface area (Å²) in [5, 5.41) is 2.72. The molecule has 0 heterocycles. The van der Waals surface area contributed by atoms with Gasteiger partial charge in [-0.3, -0.25) is 9.59 Å². The van der Waals surface area contributed by atoms with E-state index >= 15 is 0 Å². The van der Waals surface area contributed by atoms with Crippen molar-refractivity contribution < 1.29 is 9.59 Å². The number of nitrogens with one attached hydrogen (secondary N) is 1. The van der Waals surface area contributed by atoms with E-state index in [0.717, 1.165) is 23.1 Å². The molecule has 0 saturated carbocycles. The number of allylic oxidation sites excluding steroid dienone is 1. The maximum atomic E-state index is 10.9. The molecular formula is C12H13NO2. The molecule has 1 N–H and O–H groups in total. The van der Waals surface area contributed by atoms with Crippen molar-refractivity contribution in [3.8, 4) is 0 Å². The zero-order valence-corrected chi connectivity index (χ0v) is 8.78. The number of benzene rings is 1. The molecule has 0 aromatic heterocycles. The lowest BCUT2D eigenvalue weighted by molar-refractivity contribution is -0.114. The summed E-state index contributed by atoms with van der Waals surface area (Å²) >= 11 is 0. The number of rotatable bonds is 3. The first-order chi connectivity index (χ1) is 7.13. The molecule has 0 saturated heterocycles. The van der Waals surface area contributed by atoms with Gasteiger partial charge in [-0.15, -0.1) is 0 Å². The van der Waals surface area contributed by atoms with Gasteiger partial charge >= 0.3 is 0 Å². The molecule has 0 aliphatic heterocycles. The average molecular weight is 203 g/mol. The van der Waals surface area contributed by atoms with Crippen LogP contribution in [-0.2, 0) is 9.59 Å². The summed E-state index contributed by atoms with van der Waals surface area (Å²) in [6.07, 6.45) is 3.89. The molecule has 15 heavy (non-hydrogen) atoms. The fourth-order valence-corrected chi connectivity index (χ4v) is 1.27. The Balaban J connectivity index is 2.92. The van der Waals surface area contributed by atoms with Crippen LogP contribution in [0.25, 0.3) is 6.08 Å². The molecule has 3 nitrogen and oxygen atoms in total. The van der Waals surface area contributed by atoms with Gasteiger partial charge in [0, 0.05) is 12.6 Å². The summed E-state index contributed by atoms with van der Waals surface area (Å²) in [4.78, 5) is 21.0. The van der Waals surface area contributed by atoms with Gasteiger partial charge in [0.25, 0.3) is 0 Å². The number of carbonyl (C=O) groups excluding carboxylic acids is 2. The molecular weight excluding hydrogens is 190 g/mol. The monoisotopic (exact) mass is 203 g/mol. The van der Waals surface area contributed by atoms with Crippen LogP contribution in [0.2, 0.25) is 0 Å². The number of amides is 1. The number of carbonyl (C=O) groups is 2. The first-order valence-corrected chi connectivity index (χ1v) is 4.63. The van der Waals surface area contributed by atoms with Crippen LogP contribution in [-0.4, -0.2) is 12.2 Å². The standard InChI is InChI=1S/C12H13NO2/c1-9-8-11(4-3-7-14)5-6-12(9)13-10(2)15/h3-8H,1-2H3,(H,13,15). The Morgan fingerprint density at radius 1 is 1.40 bits per heavy atom. The smallest absolute Gasteiger partial charge is 0.221 e. The van der Waals surface area contributed by atoms with E-state index in [-0.39, 0.29) is 5.91 Å². The van der Waals surface area contributed by atoms with Crippen molar-refractivity contribution in [2.24, 2.45) is 0 Å². The van der Waals surface area contributed by atoms with E-state index in [0.29, 0.717) is 0 Å². The third-order valence-electron chi connectivity index (χ3n) is 1.93. The molecule has 1 amide bonds. The van der Waals surface area contributed by atoms with Crippen LogP contribution >= 0.6 is 0 Å². The second-order valence-corrected chi connectivity index (χ2v) is 3.25. The quantitative estimate of drug-likeness (QED) is 0.604. The molecule has 0 spiro atoms. The third kappa shape index (κ3) is 3.38. The summed E-state index contributed by atoms with van der Waals surface area (Å²) in [6.45, 7) is 3.38. The molecule has 78 valence electrons. The minimum absolute atomic E-state index is 0.0886. The van der Waals surface area contributed by atoms with E-state index in [9.17, 15) is 9.59 Å². The predicted octanol–water partition coefficient (Wildman–Crippen LogP) is 2.17. The minimum Gasteiger partial charge on any atom is -0.326 e. The Hall–Kier alpha value is -1.90. The zero-order valence-electron chi connectivity index (χ0n) is 8.78. The molecule has 1 aromatic rings. The highest BCUT2D eigenvalue weighted by molar-refractivity contribution is 5.89. The number of hydrogen-bond donors (Lipinski definition) is 1. The van der Waals surface area contributed by atoms with Crippen LogP contribution in [0.1, 0.15) is 18.1 Å². The number of aryl methyl sites for hydroxylation is 1. The average Bonchev–Trinajstić information content (AvgIpc) is 2.18. The summed E-state index contributed by atoms with van der Waals surface area (Å²) in [5.74, 6) is -0.0886. The molecule has 0 radical (unpaired) electrons. The van der Waals surface area contributed by atoms with Gasteiger partial charge in [-0.1, -0.05) is 12.1 Å². The van der Waals surface area contributed by atoms with Crippen LogP contribution in [0.5, 0.6) is 0 Å². The van der Waals surface area contributed by atoms with Crippen molar-refractivity contribution in [1.29, 1.82) is 0 Å². The van der Waals surface area contributed by atoms with Crippen molar-refractivity contribution in [1.82, 2.24) is 0 Å². The molecule has 1 aromatic carbocycles. The lowest BCUT2D eigenvalue weighted by atomic mass is 10.1. The summed E-state index contributed by atoms with van der Waals surface area (Å²) in [6, 6.07) is 5.57. The van der Waals surface area contributed by atoms with Gasteiger partial charge in [0.1, 0.15) is 6.29 Å². The van der Waals surface area contributed by atoms with E-state index in [1.165, 1.54) is 13.0 Å². The predicted molar refractivity (Wildman–Crippen MR) is 60.6 cm³/mol. The van der Waals surface area contributed by atoms with Crippen molar-refractivity contribution in [2.45, 2.75) is 13.8 Å². The van der Waals surface area contributed by atoms with E-state index in [1.54, 1.807) is 6.08 Å². The van der Waals surface area contributed by atoms with Gasteiger partial charge in [-0.2, -0.15) is 0 Å². The lowest BCUT2D eigenvalue weighted by Crippen LogP contribution is -2.06. The van der Waals surface area contributed by atoms with Gasteiger partial charge < -0.3 is 5.32 Å². The third-order valence-corrected chi connectivity index (χ3v) is 1.93. The molecule has 1 rings (SSSR count). The molecule has 0 unspecified atom stereocenters. The van der Waals surface area contributed by atoms with E-state index in [4.69, 9.17) is 0 Å². The second kappa shape index (κ2) is 5.10. The van der Waals surface area contributed by atoms with Crippen molar-refractivity contribution in [3.63, 3.8) is 0 Å². The maximum absolute atomic E-state index is 10.9. The summed E-state index contributed by atoms with van der Waals surface area (Å²) in [7, 11) is 0. The largest absolute Gasteiger partial charge is 0.326 e. The van der Waals surface area contributed by atoms with Crippen LogP contribution in [0.3, 0.4) is 0 Å². The van der Waals surface area contributed by atoms with E-state index in [1.807, 2.05) is 25.1 Å². The van der Waals surface area contributed by atoms with Crippen LogP contribution in [0.15, 0.2) is 24.3 Å². The number of anilines is 1. The Labute approximate surface area is 88.8 Å². The Morgan fingerprint density at radius 3 is 2.67 bits per heavy atom. The maximum Gasteiger partial charge on any atom is 0.221 e. The normalized spacial score (nSPS) is 10.3. The molecule has 0 bridgehead atoms. The van der Waals surface area contributed by atoms with E-state index < -0.39 is 0 Å². The number of hydrogen-bond acceptors (Lipinski definition) is 2. The van der Waals surface area contributed by atoms with Gasteiger partial charge in [-0.05, 0) is 36.3 Å². The lowest BCUT2D eigenvalue weighted by Gasteiger charge is -2.06. The van der Waals surface area contributed by atoms with Crippen LogP contribution in [0, 0.1) is 6.92 Å². The van der Waals surface area contributed by atoms with Crippen molar-refractivity contribution >= 4 is 24.0 Å². The van der Waals surface area contributed by atoms with Gasteiger partial charge in [0.2, 0.25) is 5.91 Å². The minimum atomic E-state index is -0.0886. The fourth-order valence-electron chi connectivity index (χ4n) is 1.27. The molecule has 3 heteroatoms. The molecule has 0 aliphatic carbocycles. The highest BCUT2D eigenvalue weighted by Crippen LogP contribution is 2.17. The topological polar surface area (TPSA) is 46.2 Å². The fraction of sp³-hybridized carbons (Fsp3) is 0.167. The first kappa shape index (κ1) is 11.2. The highest BCUT2D eigenvalue weighted by Gasteiger charge is 1.99. The van der Waals surface area contributed by atoms with Crippen molar-refractivity contribution in [2.75, 3.05) is 5.32 Å². The Morgan fingerprint density at radius 2 is 2.13 bits per heavy atom. The van der Waals surface area contributed by atoms with E-state index in [2.05, 4.69) is 5.32 Å². The first-order valence-electron chi connectivity index (χ1n) is 4.63. The second-order valence-electron chi connectivity index (χ2n) is 3.25. The summed E-state index contributed by atoms with van der Waals surface area (Å²) in [5.41, 5.74) is 2.71. The Kier molecular flexibility index (Phi) is 3.80. The molecule has 0 fully saturated rings. The van der Waals surface area contributed by atoms with Crippen LogP contribution in [0.4, 0.5) is 5.69 Å². The van der Waals surface area contributed by atoms with Crippen LogP contribution < -0.4 is 5.32 Å². The molecule has 0 aliphatic rings. The zero-order chi connectivity index (χ0) is 11.3. The highest BCUT2D eigenvalue weighted by atomic mass is 16.1. The van der Waals surface area contributed by atoms with Gasteiger partial charge in [-0.25, -0.2) is 0 Å². The summed E-state index contributed by atoms with van der Waals surface area (Å²) < 4.78 is 0. The SMILES string of the molecule is CC(=O)Nc1ccc(C=CC=O)cc1C. The Bertz CT molecular complexity index is 408.